The van der Waals surface area contributed by atoms with Gasteiger partial charge >= 0.3 is 0 Å². The summed E-state index contributed by atoms with van der Waals surface area (Å²) in [4.78, 5) is 6.56. The number of rotatable bonds is 4. The largest absolute Gasteiger partial charge is 0.355 e. The second-order valence-corrected chi connectivity index (χ2v) is 6.23. The normalized spacial score (nSPS) is 18.0. The van der Waals surface area contributed by atoms with Crippen LogP contribution in [0.5, 0.6) is 0 Å². The monoisotopic (exact) mass is 339 g/mol. The number of nitrogens with zero attached hydrogens (tertiary/aromatic N) is 2. The van der Waals surface area contributed by atoms with Crippen molar-refractivity contribution in [3.8, 4) is 0 Å². The van der Waals surface area contributed by atoms with Crippen molar-refractivity contribution in [2.24, 2.45) is 0 Å². The Hall–Kier alpha value is -1.36. The number of pyridine rings is 1. The first kappa shape index (κ1) is 15.5. The molecule has 1 aromatic carbocycles. The maximum absolute atomic E-state index is 13.0. The molecule has 3 nitrogen and oxygen atoms in total. The molecule has 0 spiro atoms. The summed E-state index contributed by atoms with van der Waals surface area (Å²) >= 11 is 11.9. The van der Waals surface area contributed by atoms with Crippen molar-refractivity contribution in [2.75, 3.05) is 18.0 Å². The van der Waals surface area contributed by atoms with Crippen molar-refractivity contribution < 1.29 is 4.39 Å². The average molecular weight is 340 g/mol. The summed E-state index contributed by atoms with van der Waals surface area (Å²) in [6, 6.07) is 8.64. The van der Waals surface area contributed by atoms with E-state index in [1.165, 1.54) is 12.1 Å². The van der Waals surface area contributed by atoms with Crippen molar-refractivity contribution >= 4 is 29.0 Å². The second kappa shape index (κ2) is 6.82. The Balaban J connectivity index is 1.56. The summed E-state index contributed by atoms with van der Waals surface area (Å²) in [6.07, 6.45) is 2.69. The van der Waals surface area contributed by atoms with Gasteiger partial charge in [-0.3, -0.25) is 0 Å². The van der Waals surface area contributed by atoms with Gasteiger partial charge in [-0.15, -0.1) is 0 Å². The Morgan fingerprint density at radius 2 is 2.14 bits per heavy atom. The van der Waals surface area contributed by atoms with Gasteiger partial charge in [0.2, 0.25) is 0 Å². The molecule has 116 valence electrons. The minimum atomic E-state index is -0.311. The molecule has 1 atom stereocenters. The lowest BCUT2D eigenvalue weighted by Crippen LogP contribution is -2.32. The molecule has 2 aromatic rings. The second-order valence-electron chi connectivity index (χ2n) is 5.38. The zero-order valence-corrected chi connectivity index (χ0v) is 13.4. The zero-order chi connectivity index (χ0) is 15.5. The molecule has 0 bridgehead atoms. The van der Waals surface area contributed by atoms with E-state index in [-0.39, 0.29) is 5.82 Å². The molecule has 1 fully saturated rings. The minimum absolute atomic E-state index is 0.311. The fourth-order valence-corrected chi connectivity index (χ4v) is 2.96. The number of halogens is 3. The van der Waals surface area contributed by atoms with E-state index in [1.807, 2.05) is 12.1 Å². The predicted molar refractivity (Wildman–Crippen MR) is 88.1 cm³/mol. The first-order valence-corrected chi connectivity index (χ1v) is 7.91. The Morgan fingerprint density at radius 1 is 1.27 bits per heavy atom. The van der Waals surface area contributed by atoms with Crippen LogP contribution in [-0.2, 0) is 6.54 Å². The van der Waals surface area contributed by atoms with Crippen molar-refractivity contribution in [1.29, 1.82) is 0 Å². The highest BCUT2D eigenvalue weighted by atomic mass is 35.5. The van der Waals surface area contributed by atoms with Crippen molar-refractivity contribution in [3.05, 3.63) is 58.0 Å². The summed E-state index contributed by atoms with van der Waals surface area (Å²) in [7, 11) is 0. The fraction of sp³-hybridized carbons (Fsp3) is 0.312. The summed E-state index contributed by atoms with van der Waals surface area (Å²) in [6.45, 7) is 2.46. The molecule has 0 saturated carbocycles. The molecule has 3 rings (SSSR count). The summed E-state index contributed by atoms with van der Waals surface area (Å²) in [5, 5.41) is 4.57. The van der Waals surface area contributed by atoms with E-state index in [4.69, 9.17) is 23.2 Å². The molecule has 1 N–H and O–H groups in total. The van der Waals surface area contributed by atoms with Crippen LogP contribution in [0.15, 0.2) is 36.5 Å². The zero-order valence-electron chi connectivity index (χ0n) is 11.9. The van der Waals surface area contributed by atoms with Gasteiger partial charge < -0.3 is 10.2 Å². The van der Waals surface area contributed by atoms with Gasteiger partial charge in [-0.25, -0.2) is 9.37 Å². The van der Waals surface area contributed by atoms with Gasteiger partial charge in [0.1, 0.15) is 11.6 Å². The smallest absolute Gasteiger partial charge is 0.128 e. The number of hydrogen-bond acceptors (Lipinski definition) is 3. The van der Waals surface area contributed by atoms with E-state index in [2.05, 4.69) is 15.2 Å². The molecular formula is C16H16Cl2FN3. The first-order valence-electron chi connectivity index (χ1n) is 7.15. The highest BCUT2D eigenvalue weighted by Crippen LogP contribution is 2.21. The number of hydrogen-bond donors (Lipinski definition) is 1. The molecule has 1 saturated heterocycles. The van der Waals surface area contributed by atoms with Gasteiger partial charge in [-0.2, -0.15) is 0 Å². The number of aromatic nitrogens is 1. The topological polar surface area (TPSA) is 28.2 Å². The van der Waals surface area contributed by atoms with Gasteiger partial charge in [0.15, 0.2) is 0 Å². The van der Waals surface area contributed by atoms with E-state index < -0.39 is 0 Å². The van der Waals surface area contributed by atoms with Crippen LogP contribution in [0.2, 0.25) is 10.0 Å². The van der Waals surface area contributed by atoms with Crippen molar-refractivity contribution in [1.82, 2.24) is 10.3 Å². The van der Waals surface area contributed by atoms with E-state index in [1.54, 1.807) is 12.3 Å². The van der Waals surface area contributed by atoms with Crippen LogP contribution in [0, 0.1) is 5.82 Å². The Morgan fingerprint density at radius 3 is 2.86 bits per heavy atom. The minimum Gasteiger partial charge on any atom is -0.355 e. The highest BCUT2D eigenvalue weighted by Gasteiger charge is 2.23. The van der Waals surface area contributed by atoms with Gasteiger partial charge in [0.05, 0.1) is 5.02 Å². The number of benzene rings is 1. The quantitative estimate of drug-likeness (QED) is 0.915. The summed E-state index contributed by atoms with van der Waals surface area (Å²) in [5.74, 6) is 0.628. The van der Waals surface area contributed by atoms with E-state index in [9.17, 15) is 4.39 Å². The maximum atomic E-state index is 13.0. The Kier molecular flexibility index (Phi) is 4.81. The van der Waals surface area contributed by atoms with Crippen LogP contribution in [-0.4, -0.2) is 24.1 Å². The first-order chi connectivity index (χ1) is 10.6. The van der Waals surface area contributed by atoms with Gasteiger partial charge in [-0.05, 0) is 36.2 Å². The SMILES string of the molecule is Fc1ccc(CNC2CCN(c3ccc(Cl)cn3)C2)c(Cl)c1. The molecule has 0 amide bonds. The highest BCUT2D eigenvalue weighted by molar-refractivity contribution is 6.31. The molecular weight excluding hydrogens is 324 g/mol. The van der Waals surface area contributed by atoms with Crippen molar-refractivity contribution in [3.63, 3.8) is 0 Å². The fourth-order valence-electron chi connectivity index (χ4n) is 2.61. The lowest BCUT2D eigenvalue weighted by molar-refractivity contribution is 0.550. The molecule has 22 heavy (non-hydrogen) atoms. The molecule has 1 aromatic heterocycles. The summed E-state index contributed by atoms with van der Waals surface area (Å²) in [5.41, 5.74) is 0.908. The third-order valence-corrected chi connectivity index (χ3v) is 4.40. The maximum Gasteiger partial charge on any atom is 0.128 e. The van der Waals surface area contributed by atoms with Gasteiger partial charge in [0, 0.05) is 36.9 Å². The van der Waals surface area contributed by atoms with Crippen LogP contribution in [0.4, 0.5) is 10.2 Å². The predicted octanol–water partition coefficient (Wildman–Crippen LogP) is 3.90. The Labute approximate surface area is 139 Å². The molecule has 2 heterocycles. The molecule has 0 radical (unpaired) electrons. The van der Waals surface area contributed by atoms with E-state index >= 15 is 0 Å². The van der Waals surface area contributed by atoms with Crippen LogP contribution in [0.1, 0.15) is 12.0 Å². The van der Waals surface area contributed by atoms with Gasteiger partial charge in [0.25, 0.3) is 0 Å². The third kappa shape index (κ3) is 3.69. The number of nitrogens with one attached hydrogen (secondary N) is 1. The molecule has 0 aliphatic carbocycles. The van der Waals surface area contributed by atoms with Crippen LogP contribution < -0.4 is 10.2 Å². The lowest BCUT2D eigenvalue weighted by Gasteiger charge is -2.18. The lowest BCUT2D eigenvalue weighted by atomic mass is 10.2. The number of anilines is 1. The Bertz CT molecular complexity index is 648. The molecule has 1 aliphatic heterocycles. The van der Waals surface area contributed by atoms with E-state index in [0.29, 0.717) is 22.6 Å². The summed E-state index contributed by atoms with van der Waals surface area (Å²) < 4.78 is 13.0. The van der Waals surface area contributed by atoms with Crippen molar-refractivity contribution in [2.45, 2.75) is 19.0 Å². The van der Waals surface area contributed by atoms with Crippen LogP contribution in [0.3, 0.4) is 0 Å². The molecule has 1 aliphatic rings. The van der Waals surface area contributed by atoms with Gasteiger partial charge in [-0.1, -0.05) is 29.3 Å². The van der Waals surface area contributed by atoms with Crippen LogP contribution >= 0.6 is 23.2 Å². The third-order valence-electron chi connectivity index (χ3n) is 3.82. The molecule has 1 unspecified atom stereocenters. The molecule has 6 heteroatoms. The van der Waals surface area contributed by atoms with Crippen LogP contribution in [0.25, 0.3) is 0 Å². The average Bonchev–Trinajstić information content (AvgIpc) is 2.96. The van der Waals surface area contributed by atoms with E-state index in [0.717, 1.165) is 30.9 Å². The standard InChI is InChI=1S/C16H16Cl2FN3/c17-12-2-4-16(21-9-12)22-6-5-14(10-22)20-8-11-1-3-13(19)7-15(11)18/h1-4,7,9,14,20H,5-6,8,10H2.